The highest BCUT2D eigenvalue weighted by Crippen LogP contribution is 2.29. The zero-order valence-electron chi connectivity index (χ0n) is 9.97. The van der Waals surface area contributed by atoms with Crippen molar-refractivity contribution in [3.63, 3.8) is 0 Å². The Balaban J connectivity index is 2.65. The molecule has 1 rings (SSSR count). The Morgan fingerprint density at radius 2 is 2.18 bits per heavy atom. The molecular formula is C11H17F3N2O. The molecule has 1 aliphatic rings. The maximum Gasteiger partial charge on any atom is 0.401 e. The number of alkyl halides is 3. The first-order valence-corrected chi connectivity index (χ1v) is 5.63. The van der Waals surface area contributed by atoms with E-state index in [1.54, 1.807) is 0 Å². The Kier molecular flexibility index (Phi) is 4.39. The van der Waals surface area contributed by atoms with Crippen LogP contribution in [0.25, 0.3) is 0 Å². The van der Waals surface area contributed by atoms with Gasteiger partial charge < -0.3 is 4.74 Å². The first kappa shape index (κ1) is 14.3. The average Bonchev–Trinajstić information content (AvgIpc) is 2.26. The first-order valence-electron chi connectivity index (χ1n) is 5.63. The Morgan fingerprint density at radius 1 is 1.53 bits per heavy atom. The molecule has 98 valence electrons. The van der Waals surface area contributed by atoms with Gasteiger partial charge in [0.2, 0.25) is 0 Å². The molecule has 0 spiro atoms. The summed E-state index contributed by atoms with van der Waals surface area (Å²) in [6.07, 6.45) is -3.86. The minimum absolute atomic E-state index is 0.163. The highest BCUT2D eigenvalue weighted by atomic mass is 19.4. The molecule has 1 N–H and O–H groups in total. The molecule has 6 heteroatoms. The lowest BCUT2D eigenvalue weighted by Crippen LogP contribution is -2.54. The van der Waals surface area contributed by atoms with Crippen molar-refractivity contribution >= 4 is 0 Å². The molecule has 0 radical (unpaired) electrons. The maximum absolute atomic E-state index is 12.2. The van der Waals surface area contributed by atoms with E-state index in [0.29, 0.717) is 19.4 Å². The summed E-state index contributed by atoms with van der Waals surface area (Å²) in [5.41, 5.74) is -1.11. The summed E-state index contributed by atoms with van der Waals surface area (Å²) in [4.78, 5) is 0. The number of halogens is 3. The van der Waals surface area contributed by atoms with Crippen LogP contribution in [-0.2, 0) is 4.74 Å². The minimum atomic E-state index is -4.30. The molecule has 3 nitrogen and oxygen atoms in total. The number of hydrogen-bond donors (Lipinski definition) is 1. The minimum Gasteiger partial charge on any atom is -0.378 e. The molecule has 0 aromatic heterocycles. The van der Waals surface area contributed by atoms with E-state index in [-0.39, 0.29) is 12.0 Å². The Morgan fingerprint density at radius 3 is 2.65 bits per heavy atom. The fraction of sp³-hybridized carbons (Fsp3) is 0.909. The zero-order chi connectivity index (χ0) is 13.1. The van der Waals surface area contributed by atoms with E-state index in [4.69, 9.17) is 10.00 Å². The van der Waals surface area contributed by atoms with E-state index in [1.165, 1.54) is 0 Å². The van der Waals surface area contributed by atoms with E-state index in [0.717, 1.165) is 0 Å². The lowest BCUT2D eigenvalue weighted by molar-refractivity contribution is -0.132. The third-order valence-electron chi connectivity index (χ3n) is 3.00. The van der Waals surface area contributed by atoms with Gasteiger partial charge in [0.1, 0.15) is 5.54 Å². The van der Waals surface area contributed by atoms with Crippen LogP contribution in [0, 0.1) is 17.2 Å². The van der Waals surface area contributed by atoms with Crippen LogP contribution in [0.5, 0.6) is 0 Å². The van der Waals surface area contributed by atoms with Gasteiger partial charge in [-0.2, -0.15) is 18.4 Å². The molecule has 0 aromatic carbocycles. The van der Waals surface area contributed by atoms with E-state index in [1.807, 2.05) is 19.9 Å². The van der Waals surface area contributed by atoms with Crippen molar-refractivity contribution in [1.82, 2.24) is 5.32 Å². The number of rotatable bonds is 3. The predicted octanol–water partition coefficient (Wildman–Crippen LogP) is 2.24. The second-order valence-corrected chi connectivity index (χ2v) is 4.77. The molecule has 0 aromatic rings. The van der Waals surface area contributed by atoms with Crippen LogP contribution in [0.2, 0.25) is 0 Å². The SMILES string of the molecule is CC(C)C1CC(C#N)(NCC(F)(F)F)CCO1. The normalized spacial score (nSPS) is 30.3. The first-order chi connectivity index (χ1) is 7.78. The average molecular weight is 250 g/mol. The van der Waals surface area contributed by atoms with Crippen molar-refractivity contribution in [3.8, 4) is 6.07 Å². The van der Waals surface area contributed by atoms with Gasteiger partial charge in [-0.25, -0.2) is 0 Å². The lowest BCUT2D eigenvalue weighted by Gasteiger charge is -2.38. The molecule has 0 aliphatic carbocycles. The zero-order valence-corrected chi connectivity index (χ0v) is 9.97. The topological polar surface area (TPSA) is 45.0 Å². The van der Waals surface area contributed by atoms with Crippen molar-refractivity contribution in [2.75, 3.05) is 13.2 Å². The monoisotopic (exact) mass is 250 g/mol. The summed E-state index contributed by atoms with van der Waals surface area (Å²) in [5.74, 6) is 0.190. The van der Waals surface area contributed by atoms with Crippen LogP contribution in [0.15, 0.2) is 0 Å². The van der Waals surface area contributed by atoms with Crippen molar-refractivity contribution in [2.45, 2.75) is 44.5 Å². The summed E-state index contributed by atoms with van der Waals surface area (Å²) in [7, 11) is 0. The molecule has 0 bridgehead atoms. The summed E-state index contributed by atoms with van der Waals surface area (Å²) in [6.45, 7) is 3.05. The van der Waals surface area contributed by atoms with Gasteiger partial charge in [-0.3, -0.25) is 5.32 Å². The van der Waals surface area contributed by atoms with E-state index in [9.17, 15) is 13.2 Å². The molecule has 1 fully saturated rings. The summed E-state index contributed by atoms with van der Waals surface area (Å²) < 4.78 is 42.0. The van der Waals surface area contributed by atoms with Gasteiger partial charge in [-0.05, 0) is 5.92 Å². The van der Waals surface area contributed by atoms with Crippen molar-refractivity contribution < 1.29 is 17.9 Å². The summed E-state index contributed by atoms with van der Waals surface area (Å²) >= 11 is 0. The Labute approximate surface area is 98.9 Å². The molecule has 2 atom stereocenters. The van der Waals surface area contributed by atoms with E-state index >= 15 is 0 Å². The maximum atomic E-state index is 12.2. The van der Waals surface area contributed by atoms with E-state index < -0.39 is 18.3 Å². The second kappa shape index (κ2) is 5.23. The van der Waals surface area contributed by atoms with Gasteiger partial charge in [0, 0.05) is 19.4 Å². The van der Waals surface area contributed by atoms with Crippen LogP contribution in [-0.4, -0.2) is 31.0 Å². The number of nitrogens with zero attached hydrogens (tertiary/aromatic N) is 1. The Bertz CT molecular complexity index is 298. The van der Waals surface area contributed by atoms with Gasteiger partial charge in [-0.1, -0.05) is 13.8 Å². The molecule has 0 amide bonds. The molecular weight excluding hydrogens is 233 g/mol. The number of ether oxygens (including phenoxy) is 1. The van der Waals surface area contributed by atoms with Crippen LogP contribution in [0.3, 0.4) is 0 Å². The van der Waals surface area contributed by atoms with Crippen LogP contribution in [0.4, 0.5) is 13.2 Å². The largest absolute Gasteiger partial charge is 0.401 e. The van der Waals surface area contributed by atoms with E-state index in [2.05, 4.69) is 5.32 Å². The van der Waals surface area contributed by atoms with Gasteiger partial charge in [0.25, 0.3) is 0 Å². The lowest BCUT2D eigenvalue weighted by atomic mass is 9.84. The molecule has 17 heavy (non-hydrogen) atoms. The molecule has 1 aliphatic heterocycles. The highest BCUT2D eigenvalue weighted by molar-refractivity contribution is 5.10. The quantitative estimate of drug-likeness (QED) is 0.835. The molecule has 0 saturated carbocycles. The van der Waals surface area contributed by atoms with Crippen LogP contribution in [0.1, 0.15) is 26.7 Å². The highest BCUT2D eigenvalue weighted by Gasteiger charge is 2.41. The van der Waals surface area contributed by atoms with Crippen LogP contribution >= 0.6 is 0 Å². The summed E-state index contributed by atoms with van der Waals surface area (Å²) in [5, 5.41) is 11.4. The second-order valence-electron chi connectivity index (χ2n) is 4.77. The fourth-order valence-corrected chi connectivity index (χ4v) is 1.89. The number of nitrogens with one attached hydrogen (secondary N) is 1. The van der Waals surface area contributed by atoms with Crippen LogP contribution < -0.4 is 5.32 Å². The molecule has 2 unspecified atom stereocenters. The predicted molar refractivity (Wildman–Crippen MR) is 56.2 cm³/mol. The smallest absolute Gasteiger partial charge is 0.378 e. The third kappa shape index (κ3) is 4.17. The van der Waals surface area contributed by atoms with Gasteiger partial charge in [0.15, 0.2) is 0 Å². The van der Waals surface area contributed by atoms with Gasteiger partial charge in [0.05, 0.1) is 18.7 Å². The van der Waals surface area contributed by atoms with Gasteiger partial charge >= 0.3 is 6.18 Å². The molecule has 1 saturated heterocycles. The van der Waals surface area contributed by atoms with Crippen molar-refractivity contribution in [1.29, 1.82) is 5.26 Å². The van der Waals surface area contributed by atoms with Gasteiger partial charge in [-0.15, -0.1) is 0 Å². The standard InChI is InChI=1S/C11H17F3N2O/c1-8(2)9-5-10(6-15,3-4-17-9)16-7-11(12,13)14/h8-9,16H,3-5,7H2,1-2H3. The number of nitriles is 1. The Hall–Kier alpha value is -0.800. The van der Waals surface area contributed by atoms with Crippen molar-refractivity contribution in [2.24, 2.45) is 5.92 Å². The number of hydrogen-bond acceptors (Lipinski definition) is 3. The third-order valence-corrected chi connectivity index (χ3v) is 3.00. The molecule has 1 heterocycles. The van der Waals surface area contributed by atoms with Crippen molar-refractivity contribution in [3.05, 3.63) is 0 Å². The fourth-order valence-electron chi connectivity index (χ4n) is 1.89. The summed E-state index contributed by atoms with van der Waals surface area (Å²) in [6, 6.07) is 1.98.